The van der Waals surface area contributed by atoms with Crippen molar-refractivity contribution < 1.29 is 33.4 Å². The number of hydrogen-bond acceptors (Lipinski definition) is 7. The van der Waals surface area contributed by atoms with Crippen LogP contribution in [0.1, 0.15) is 34.1 Å². The summed E-state index contributed by atoms with van der Waals surface area (Å²) in [7, 11) is 0. The van der Waals surface area contributed by atoms with Gasteiger partial charge in [-0.05, 0) is 42.8 Å². The number of amides is 3. The third-order valence-corrected chi connectivity index (χ3v) is 4.72. The Morgan fingerprint density at radius 2 is 1.70 bits per heavy atom. The van der Waals surface area contributed by atoms with Crippen LogP contribution in [0.25, 0.3) is 0 Å². The van der Waals surface area contributed by atoms with Gasteiger partial charge in [0.15, 0.2) is 6.61 Å². The van der Waals surface area contributed by atoms with Crippen LogP contribution >= 0.6 is 11.6 Å². The van der Waals surface area contributed by atoms with E-state index in [2.05, 4.69) is 5.32 Å². The number of ether oxygens (including phenoxy) is 2. The molecular formula is C23H19ClN2O7. The number of anilines is 2. The number of nitrogens with one attached hydrogen (secondary N) is 1. The second kappa shape index (κ2) is 10.6. The van der Waals surface area contributed by atoms with E-state index < -0.39 is 36.3 Å². The zero-order valence-electron chi connectivity index (χ0n) is 17.5. The molecule has 1 N–H and O–H groups in total. The quantitative estimate of drug-likeness (QED) is 0.465. The van der Waals surface area contributed by atoms with E-state index in [1.54, 1.807) is 0 Å². The van der Waals surface area contributed by atoms with Gasteiger partial charge in [0.05, 0.1) is 28.4 Å². The zero-order chi connectivity index (χ0) is 24.0. The molecule has 0 fully saturated rings. The third-order valence-electron chi connectivity index (χ3n) is 4.39. The summed E-state index contributed by atoms with van der Waals surface area (Å²) < 4.78 is 10.1. The minimum Gasteiger partial charge on any atom is -0.462 e. The largest absolute Gasteiger partial charge is 0.462 e. The van der Waals surface area contributed by atoms with Crippen LogP contribution in [0.15, 0.2) is 54.6 Å². The molecule has 3 amide bonds. The minimum absolute atomic E-state index is 0.0558. The van der Waals surface area contributed by atoms with Crippen molar-refractivity contribution in [1.82, 2.24) is 0 Å². The van der Waals surface area contributed by atoms with Crippen molar-refractivity contribution in [2.75, 3.05) is 23.4 Å². The molecule has 0 saturated heterocycles. The van der Waals surface area contributed by atoms with Gasteiger partial charge >= 0.3 is 11.9 Å². The summed E-state index contributed by atoms with van der Waals surface area (Å²) in [4.78, 5) is 61.1. The molecule has 1 aliphatic rings. The zero-order valence-corrected chi connectivity index (χ0v) is 18.3. The van der Waals surface area contributed by atoms with E-state index in [0.717, 1.165) is 17.1 Å². The topological polar surface area (TPSA) is 119 Å². The van der Waals surface area contributed by atoms with Crippen molar-refractivity contribution in [3.05, 3.63) is 70.8 Å². The molecule has 1 aliphatic heterocycles. The molecule has 3 rings (SSSR count). The van der Waals surface area contributed by atoms with Crippen LogP contribution in [0.4, 0.5) is 11.4 Å². The van der Waals surface area contributed by atoms with E-state index >= 15 is 0 Å². The first-order valence-corrected chi connectivity index (χ1v) is 10.3. The van der Waals surface area contributed by atoms with E-state index in [0.29, 0.717) is 6.42 Å². The van der Waals surface area contributed by atoms with Gasteiger partial charge in [-0.2, -0.15) is 0 Å². The molecule has 33 heavy (non-hydrogen) atoms. The summed E-state index contributed by atoms with van der Waals surface area (Å²) in [5.74, 6) is -3.13. The van der Waals surface area contributed by atoms with E-state index in [1.165, 1.54) is 42.5 Å². The summed E-state index contributed by atoms with van der Waals surface area (Å²) in [5.41, 5.74) is 0.625. The van der Waals surface area contributed by atoms with Crippen molar-refractivity contribution in [1.29, 1.82) is 0 Å². The number of carbonyl (C=O) groups excluding carboxylic acids is 5. The van der Waals surface area contributed by atoms with Gasteiger partial charge in [0, 0.05) is 17.8 Å². The maximum absolute atomic E-state index is 12.3. The van der Waals surface area contributed by atoms with E-state index in [1.807, 2.05) is 6.92 Å². The Balaban J connectivity index is 1.60. The van der Waals surface area contributed by atoms with Crippen molar-refractivity contribution in [3.63, 3.8) is 0 Å². The minimum atomic E-state index is -0.820. The molecule has 10 heteroatoms. The predicted octanol–water partition coefficient (Wildman–Crippen LogP) is 3.13. The van der Waals surface area contributed by atoms with Crippen LogP contribution in [0.3, 0.4) is 0 Å². The number of esters is 2. The molecule has 0 aliphatic carbocycles. The number of halogens is 1. The fourth-order valence-electron chi connectivity index (χ4n) is 2.87. The lowest BCUT2D eigenvalue weighted by molar-refractivity contribution is -0.120. The number of carbonyl (C=O) groups is 5. The Morgan fingerprint density at radius 1 is 0.970 bits per heavy atom. The standard InChI is InChI=1S/C23H19ClN2O7/c1-2-10-32-23(31)17-12-15(6-7-18(17)24)25-19(27)13-33-22(30)14-4-3-5-16(11-14)26-20(28)8-9-21(26)29/h3-9,11-12H,2,10,13H2,1H3,(H,25,27). The molecule has 0 atom stereocenters. The van der Waals surface area contributed by atoms with Gasteiger partial charge < -0.3 is 14.8 Å². The molecule has 9 nitrogen and oxygen atoms in total. The molecule has 0 bridgehead atoms. The Hall–Kier alpha value is -3.98. The highest BCUT2D eigenvalue weighted by Crippen LogP contribution is 2.22. The van der Waals surface area contributed by atoms with Gasteiger partial charge in [0.2, 0.25) is 0 Å². The number of imide groups is 1. The molecule has 2 aromatic rings. The molecule has 0 aromatic heterocycles. The number of rotatable bonds is 8. The van der Waals surface area contributed by atoms with Crippen LogP contribution in [-0.2, 0) is 23.9 Å². The Bertz CT molecular complexity index is 1140. The maximum atomic E-state index is 12.3. The fraction of sp³-hybridized carbons (Fsp3) is 0.174. The molecular weight excluding hydrogens is 452 g/mol. The van der Waals surface area contributed by atoms with Crippen LogP contribution in [0, 0.1) is 0 Å². The van der Waals surface area contributed by atoms with Gasteiger partial charge in [0.1, 0.15) is 0 Å². The fourth-order valence-corrected chi connectivity index (χ4v) is 3.06. The van der Waals surface area contributed by atoms with Crippen molar-refractivity contribution in [2.45, 2.75) is 13.3 Å². The highest BCUT2D eigenvalue weighted by atomic mass is 35.5. The van der Waals surface area contributed by atoms with Gasteiger partial charge in [-0.15, -0.1) is 0 Å². The van der Waals surface area contributed by atoms with Crippen molar-refractivity contribution in [3.8, 4) is 0 Å². The lowest BCUT2D eigenvalue weighted by atomic mass is 10.2. The highest BCUT2D eigenvalue weighted by molar-refractivity contribution is 6.33. The normalized spacial score (nSPS) is 12.6. The van der Waals surface area contributed by atoms with Crippen molar-refractivity contribution in [2.24, 2.45) is 0 Å². The number of hydrogen-bond donors (Lipinski definition) is 1. The highest BCUT2D eigenvalue weighted by Gasteiger charge is 2.26. The predicted molar refractivity (Wildman–Crippen MR) is 119 cm³/mol. The summed E-state index contributed by atoms with van der Waals surface area (Å²) in [6.07, 6.45) is 2.91. The Morgan fingerprint density at radius 3 is 2.39 bits per heavy atom. The lowest BCUT2D eigenvalue weighted by Crippen LogP contribution is -2.29. The van der Waals surface area contributed by atoms with E-state index in [-0.39, 0.29) is 34.1 Å². The monoisotopic (exact) mass is 470 g/mol. The van der Waals surface area contributed by atoms with Crippen molar-refractivity contribution >= 4 is 52.6 Å². The smallest absolute Gasteiger partial charge is 0.339 e. The second-order valence-corrected chi connectivity index (χ2v) is 7.26. The van der Waals surface area contributed by atoms with Gasteiger partial charge in [-0.25, -0.2) is 14.5 Å². The first kappa shape index (κ1) is 23.7. The van der Waals surface area contributed by atoms with Crippen LogP contribution in [-0.4, -0.2) is 42.9 Å². The summed E-state index contributed by atoms with van der Waals surface area (Å²) >= 11 is 6.02. The summed E-state index contributed by atoms with van der Waals surface area (Å²) in [6, 6.07) is 10.0. The maximum Gasteiger partial charge on any atom is 0.339 e. The average molecular weight is 471 g/mol. The van der Waals surface area contributed by atoms with Gasteiger partial charge in [0.25, 0.3) is 17.7 Å². The molecule has 0 unspecified atom stereocenters. The molecule has 0 spiro atoms. The second-order valence-electron chi connectivity index (χ2n) is 6.85. The lowest BCUT2D eigenvalue weighted by Gasteiger charge is -2.14. The summed E-state index contributed by atoms with van der Waals surface area (Å²) in [6.45, 7) is 1.48. The summed E-state index contributed by atoms with van der Waals surface area (Å²) in [5, 5.41) is 2.68. The first-order valence-electron chi connectivity index (χ1n) is 9.90. The molecule has 0 saturated carbocycles. The SMILES string of the molecule is CCCOC(=O)c1cc(NC(=O)COC(=O)c2cccc(N3C(=O)C=CC3=O)c2)ccc1Cl. The van der Waals surface area contributed by atoms with Crippen LogP contribution in [0.5, 0.6) is 0 Å². The first-order chi connectivity index (χ1) is 15.8. The molecule has 2 aromatic carbocycles. The van der Waals surface area contributed by atoms with Gasteiger partial charge in [-0.1, -0.05) is 24.6 Å². The number of benzene rings is 2. The molecule has 0 radical (unpaired) electrons. The molecule has 170 valence electrons. The van der Waals surface area contributed by atoms with Crippen LogP contribution < -0.4 is 10.2 Å². The third kappa shape index (κ3) is 5.83. The Kier molecular flexibility index (Phi) is 7.57. The number of nitrogens with zero attached hydrogens (tertiary/aromatic N) is 1. The average Bonchev–Trinajstić information content (AvgIpc) is 3.15. The van der Waals surface area contributed by atoms with E-state index in [9.17, 15) is 24.0 Å². The Labute approximate surface area is 193 Å². The van der Waals surface area contributed by atoms with Gasteiger partial charge in [-0.3, -0.25) is 14.4 Å². The van der Waals surface area contributed by atoms with E-state index in [4.69, 9.17) is 21.1 Å². The van der Waals surface area contributed by atoms with Crippen LogP contribution in [0.2, 0.25) is 5.02 Å². The molecule has 1 heterocycles.